The van der Waals surface area contributed by atoms with E-state index in [1.54, 1.807) is 0 Å². The lowest BCUT2D eigenvalue weighted by Gasteiger charge is -2.13. The van der Waals surface area contributed by atoms with Gasteiger partial charge in [0.05, 0.1) is 13.2 Å². The lowest BCUT2D eigenvalue weighted by molar-refractivity contribution is 0.288. The van der Waals surface area contributed by atoms with Crippen LogP contribution >= 0.6 is 0 Å². The summed E-state index contributed by atoms with van der Waals surface area (Å²) in [6, 6.07) is 5.94. The Balaban J connectivity index is 2.61. The van der Waals surface area contributed by atoms with Crippen molar-refractivity contribution in [1.82, 2.24) is 0 Å². The van der Waals surface area contributed by atoms with Crippen molar-refractivity contribution in [2.45, 2.75) is 26.7 Å². The Morgan fingerprint density at radius 1 is 1.06 bits per heavy atom. The molecule has 0 radical (unpaired) electrons. The fourth-order valence-corrected chi connectivity index (χ4v) is 1.66. The topological polar surface area (TPSA) is 56.5 Å². The number of rotatable bonds is 9. The molecule has 0 aliphatic rings. The van der Waals surface area contributed by atoms with Crippen LogP contribution in [0.15, 0.2) is 18.2 Å². The van der Waals surface area contributed by atoms with Crippen molar-refractivity contribution in [3.63, 3.8) is 0 Å². The van der Waals surface area contributed by atoms with Gasteiger partial charge in [-0.15, -0.1) is 0 Å². The standard InChI is InChI=1S/C14H24N2O2/c1-3-17-13-8-7-12(11-14(13)18-4-2)16-10-6-5-9-15/h7-8,11,16H,3-6,9-10,15H2,1-2H3. The molecule has 1 aromatic rings. The van der Waals surface area contributed by atoms with Crippen LogP contribution in [-0.2, 0) is 0 Å². The van der Waals surface area contributed by atoms with Gasteiger partial charge in [0, 0.05) is 18.3 Å². The van der Waals surface area contributed by atoms with E-state index >= 15 is 0 Å². The van der Waals surface area contributed by atoms with E-state index in [2.05, 4.69) is 5.32 Å². The predicted octanol–water partition coefficient (Wildman–Crippen LogP) is 2.63. The van der Waals surface area contributed by atoms with Gasteiger partial charge in [0.2, 0.25) is 0 Å². The Bertz CT molecular complexity index is 343. The SMILES string of the molecule is CCOc1ccc(NCCCCN)cc1OCC. The van der Waals surface area contributed by atoms with E-state index in [9.17, 15) is 0 Å². The maximum Gasteiger partial charge on any atom is 0.163 e. The number of hydrogen-bond acceptors (Lipinski definition) is 4. The fourth-order valence-electron chi connectivity index (χ4n) is 1.66. The highest BCUT2D eigenvalue weighted by Crippen LogP contribution is 2.30. The predicted molar refractivity (Wildman–Crippen MR) is 75.6 cm³/mol. The Kier molecular flexibility index (Phi) is 7.03. The first-order valence-electron chi connectivity index (χ1n) is 6.65. The second kappa shape index (κ2) is 8.64. The molecule has 18 heavy (non-hydrogen) atoms. The van der Waals surface area contributed by atoms with Crippen LogP contribution in [0.5, 0.6) is 11.5 Å². The zero-order valence-corrected chi connectivity index (χ0v) is 11.4. The Labute approximate surface area is 109 Å². The number of nitrogens with two attached hydrogens (primary N) is 1. The van der Waals surface area contributed by atoms with Crippen molar-refractivity contribution >= 4 is 5.69 Å². The van der Waals surface area contributed by atoms with Gasteiger partial charge in [-0.2, -0.15) is 0 Å². The average molecular weight is 252 g/mol. The molecule has 0 aliphatic carbocycles. The summed E-state index contributed by atoms with van der Waals surface area (Å²) in [7, 11) is 0. The third kappa shape index (κ3) is 4.84. The van der Waals surface area contributed by atoms with E-state index in [1.165, 1.54) is 0 Å². The normalized spacial score (nSPS) is 10.2. The summed E-state index contributed by atoms with van der Waals surface area (Å²) >= 11 is 0. The number of hydrogen-bond donors (Lipinski definition) is 2. The third-order valence-electron chi connectivity index (χ3n) is 2.50. The Morgan fingerprint density at radius 2 is 1.78 bits per heavy atom. The van der Waals surface area contributed by atoms with E-state index in [0.29, 0.717) is 13.2 Å². The molecule has 0 amide bonds. The lowest BCUT2D eigenvalue weighted by Crippen LogP contribution is -2.06. The molecule has 0 heterocycles. The quantitative estimate of drug-likeness (QED) is 0.663. The highest BCUT2D eigenvalue weighted by atomic mass is 16.5. The van der Waals surface area contributed by atoms with E-state index in [1.807, 2.05) is 32.0 Å². The minimum absolute atomic E-state index is 0.636. The zero-order chi connectivity index (χ0) is 13.2. The average Bonchev–Trinajstić information content (AvgIpc) is 2.38. The smallest absolute Gasteiger partial charge is 0.163 e. The van der Waals surface area contributed by atoms with Gasteiger partial charge in [0.1, 0.15) is 0 Å². The molecular formula is C14H24N2O2. The molecule has 0 aliphatic heterocycles. The molecule has 102 valence electrons. The largest absolute Gasteiger partial charge is 0.490 e. The van der Waals surface area contributed by atoms with Crippen molar-refractivity contribution in [2.24, 2.45) is 5.73 Å². The van der Waals surface area contributed by atoms with Crippen molar-refractivity contribution < 1.29 is 9.47 Å². The summed E-state index contributed by atoms with van der Waals surface area (Å²) in [4.78, 5) is 0. The summed E-state index contributed by atoms with van der Waals surface area (Å²) in [6.45, 7) is 6.89. The molecule has 0 fully saturated rings. The number of nitrogens with one attached hydrogen (secondary N) is 1. The van der Waals surface area contributed by atoms with E-state index < -0.39 is 0 Å². The Morgan fingerprint density at radius 3 is 2.44 bits per heavy atom. The first kappa shape index (κ1) is 14.6. The lowest BCUT2D eigenvalue weighted by atomic mass is 10.2. The van der Waals surface area contributed by atoms with Crippen LogP contribution in [0.4, 0.5) is 5.69 Å². The van der Waals surface area contributed by atoms with Crippen LogP contribution in [0.3, 0.4) is 0 Å². The minimum Gasteiger partial charge on any atom is -0.490 e. The number of anilines is 1. The molecule has 0 aromatic heterocycles. The maximum atomic E-state index is 5.57. The van der Waals surface area contributed by atoms with Gasteiger partial charge in [-0.3, -0.25) is 0 Å². The van der Waals surface area contributed by atoms with Crippen LogP contribution in [0, 0.1) is 0 Å². The van der Waals surface area contributed by atoms with Crippen LogP contribution < -0.4 is 20.5 Å². The Hall–Kier alpha value is -1.42. The van der Waals surface area contributed by atoms with Crippen LogP contribution in [-0.4, -0.2) is 26.3 Å². The van der Waals surface area contributed by atoms with E-state index in [-0.39, 0.29) is 0 Å². The molecule has 0 atom stereocenters. The maximum absolute atomic E-state index is 5.57. The van der Waals surface area contributed by atoms with Crippen molar-refractivity contribution in [2.75, 3.05) is 31.6 Å². The summed E-state index contributed by atoms with van der Waals surface area (Å²) in [5.41, 5.74) is 6.52. The van der Waals surface area contributed by atoms with Gasteiger partial charge in [-0.05, 0) is 45.4 Å². The fraction of sp³-hybridized carbons (Fsp3) is 0.571. The van der Waals surface area contributed by atoms with Crippen molar-refractivity contribution in [3.8, 4) is 11.5 Å². The number of ether oxygens (including phenoxy) is 2. The van der Waals surface area contributed by atoms with Crippen LogP contribution in [0.25, 0.3) is 0 Å². The summed E-state index contributed by atoms with van der Waals surface area (Å²) in [6.07, 6.45) is 2.12. The summed E-state index contributed by atoms with van der Waals surface area (Å²) in [5.74, 6) is 1.59. The summed E-state index contributed by atoms with van der Waals surface area (Å²) < 4.78 is 11.1. The highest BCUT2D eigenvalue weighted by molar-refractivity contribution is 5.54. The van der Waals surface area contributed by atoms with Gasteiger partial charge in [-0.25, -0.2) is 0 Å². The molecule has 0 saturated carbocycles. The van der Waals surface area contributed by atoms with E-state index in [4.69, 9.17) is 15.2 Å². The van der Waals surface area contributed by atoms with Crippen molar-refractivity contribution in [3.05, 3.63) is 18.2 Å². The van der Waals surface area contributed by atoms with Gasteiger partial charge >= 0.3 is 0 Å². The first-order valence-corrected chi connectivity index (χ1v) is 6.65. The molecule has 3 N–H and O–H groups in total. The first-order chi connectivity index (χ1) is 8.81. The minimum atomic E-state index is 0.636. The molecule has 0 bridgehead atoms. The van der Waals surface area contributed by atoms with Gasteiger partial charge < -0.3 is 20.5 Å². The molecule has 0 unspecified atom stereocenters. The molecular weight excluding hydrogens is 228 g/mol. The van der Waals surface area contributed by atoms with Crippen molar-refractivity contribution in [1.29, 1.82) is 0 Å². The second-order valence-electron chi connectivity index (χ2n) is 3.95. The molecule has 4 nitrogen and oxygen atoms in total. The van der Waals surface area contributed by atoms with Gasteiger partial charge in [0.15, 0.2) is 11.5 Å². The number of unbranched alkanes of at least 4 members (excludes halogenated alkanes) is 1. The molecule has 1 aromatic carbocycles. The molecule has 0 spiro atoms. The second-order valence-corrected chi connectivity index (χ2v) is 3.95. The molecule has 4 heteroatoms. The zero-order valence-electron chi connectivity index (χ0n) is 11.4. The monoisotopic (exact) mass is 252 g/mol. The highest BCUT2D eigenvalue weighted by Gasteiger charge is 2.05. The van der Waals surface area contributed by atoms with Crippen LogP contribution in [0.1, 0.15) is 26.7 Å². The third-order valence-corrected chi connectivity index (χ3v) is 2.50. The van der Waals surface area contributed by atoms with Gasteiger partial charge in [0.25, 0.3) is 0 Å². The van der Waals surface area contributed by atoms with Crippen LogP contribution in [0.2, 0.25) is 0 Å². The number of benzene rings is 1. The molecule has 0 saturated heterocycles. The summed E-state index contributed by atoms with van der Waals surface area (Å²) in [5, 5.41) is 3.36. The van der Waals surface area contributed by atoms with Gasteiger partial charge in [-0.1, -0.05) is 0 Å². The molecule has 1 rings (SSSR count). The van der Waals surface area contributed by atoms with E-state index in [0.717, 1.165) is 43.1 Å².